The maximum atomic E-state index is 12.1. The monoisotopic (exact) mass is 536 g/mol. The van der Waals surface area contributed by atoms with Gasteiger partial charge in [-0.25, -0.2) is 0 Å². The summed E-state index contributed by atoms with van der Waals surface area (Å²) in [6.07, 6.45) is 3.07. The van der Waals surface area contributed by atoms with Crippen LogP contribution in [0.5, 0.6) is 11.8 Å². The standard InChI is InChI=1S/C29H40N6O4/c1-4-27(37)33-9-11-34(12-10-33)28-24-6-8-35(26-19-23(36)18-21(2)22(26)3)20-25(24)30-29(31-28)39-15-5-7-32-13-16-38-17-14-32/h4,18-19,36H,1,5-17,20H2,2-3H3. The van der Waals surface area contributed by atoms with Crippen molar-refractivity contribution in [3.8, 4) is 11.8 Å². The lowest BCUT2D eigenvalue weighted by atomic mass is 10.0. The Hall–Kier alpha value is -3.37. The molecule has 1 aromatic heterocycles. The molecular formula is C29H40N6O4. The number of piperazine rings is 1. The molecule has 0 saturated carbocycles. The van der Waals surface area contributed by atoms with E-state index in [0.29, 0.717) is 45.3 Å². The predicted octanol–water partition coefficient (Wildman–Crippen LogP) is 2.30. The van der Waals surface area contributed by atoms with Crippen molar-refractivity contribution < 1.29 is 19.4 Å². The van der Waals surface area contributed by atoms with Gasteiger partial charge in [-0.2, -0.15) is 9.97 Å². The number of nitrogens with zero attached hydrogens (tertiary/aromatic N) is 6. The van der Waals surface area contributed by atoms with Crippen molar-refractivity contribution in [3.05, 3.63) is 47.2 Å². The van der Waals surface area contributed by atoms with Crippen molar-refractivity contribution in [2.24, 2.45) is 0 Å². The van der Waals surface area contributed by atoms with Crippen LogP contribution in [0.4, 0.5) is 11.5 Å². The maximum Gasteiger partial charge on any atom is 0.318 e. The molecule has 3 aliphatic heterocycles. The van der Waals surface area contributed by atoms with E-state index in [9.17, 15) is 9.90 Å². The molecule has 2 aromatic rings. The van der Waals surface area contributed by atoms with Gasteiger partial charge in [0, 0.05) is 69.7 Å². The fourth-order valence-electron chi connectivity index (χ4n) is 5.61. The molecule has 5 rings (SSSR count). The summed E-state index contributed by atoms with van der Waals surface area (Å²) in [5.41, 5.74) is 5.36. The van der Waals surface area contributed by atoms with Crippen LogP contribution in [0.2, 0.25) is 0 Å². The van der Waals surface area contributed by atoms with Gasteiger partial charge in [-0.05, 0) is 50.0 Å². The number of carbonyl (C=O) groups is 1. The number of fused-ring (bicyclic) bond motifs is 1. The van der Waals surface area contributed by atoms with Gasteiger partial charge in [0.25, 0.3) is 0 Å². The summed E-state index contributed by atoms with van der Waals surface area (Å²) >= 11 is 0. The molecule has 1 aromatic carbocycles. The molecule has 0 atom stereocenters. The van der Waals surface area contributed by atoms with E-state index < -0.39 is 0 Å². The number of hydrogen-bond donors (Lipinski definition) is 1. The number of ether oxygens (including phenoxy) is 2. The van der Waals surface area contributed by atoms with E-state index in [-0.39, 0.29) is 11.7 Å². The van der Waals surface area contributed by atoms with Crippen molar-refractivity contribution in [1.82, 2.24) is 19.8 Å². The third kappa shape index (κ3) is 6.28. The number of amides is 1. The Morgan fingerprint density at radius 3 is 2.59 bits per heavy atom. The lowest BCUT2D eigenvalue weighted by molar-refractivity contribution is -0.126. The van der Waals surface area contributed by atoms with Gasteiger partial charge in [-0.3, -0.25) is 9.69 Å². The van der Waals surface area contributed by atoms with Crippen LogP contribution in [-0.4, -0.2) is 103 Å². The van der Waals surface area contributed by atoms with E-state index in [1.165, 1.54) is 6.08 Å². The molecule has 0 radical (unpaired) electrons. The summed E-state index contributed by atoms with van der Waals surface area (Å²) in [7, 11) is 0. The van der Waals surface area contributed by atoms with Gasteiger partial charge in [-0.1, -0.05) is 6.58 Å². The highest BCUT2D eigenvalue weighted by molar-refractivity contribution is 5.87. The SMILES string of the molecule is C=CC(=O)N1CCN(c2nc(OCCCN3CCOCC3)nc3c2CCN(c2cc(O)cc(C)c2C)C3)CC1. The fourth-order valence-corrected chi connectivity index (χ4v) is 5.61. The topological polar surface area (TPSA) is 94.5 Å². The van der Waals surface area contributed by atoms with Crippen LogP contribution in [0.1, 0.15) is 28.8 Å². The van der Waals surface area contributed by atoms with Crippen molar-refractivity contribution in [3.63, 3.8) is 0 Å². The van der Waals surface area contributed by atoms with Crippen LogP contribution in [-0.2, 0) is 22.5 Å². The van der Waals surface area contributed by atoms with E-state index >= 15 is 0 Å². The van der Waals surface area contributed by atoms with Crippen molar-refractivity contribution >= 4 is 17.4 Å². The highest BCUT2D eigenvalue weighted by atomic mass is 16.5. The first-order valence-corrected chi connectivity index (χ1v) is 14.0. The average molecular weight is 537 g/mol. The van der Waals surface area contributed by atoms with Crippen LogP contribution >= 0.6 is 0 Å². The summed E-state index contributed by atoms with van der Waals surface area (Å²) in [5.74, 6) is 1.16. The van der Waals surface area contributed by atoms with Gasteiger partial charge in [-0.15, -0.1) is 0 Å². The molecule has 39 heavy (non-hydrogen) atoms. The number of benzene rings is 1. The molecular weight excluding hydrogens is 496 g/mol. The highest BCUT2D eigenvalue weighted by Gasteiger charge is 2.29. The minimum atomic E-state index is -0.0314. The van der Waals surface area contributed by atoms with Crippen LogP contribution in [0.15, 0.2) is 24.8 Å². The molecule has 2 saturated heterocycles. The lowest BCUT2D eigenvalue weighted by Crippen LogP contribution is -2.49. The van der Waals surface area contributed by atoms with Gasteiger partial charge in [0.1, 0.15) is 11.6 Å². The molecule has 10 nitrogen and oxygen atoms in total. The first kappa shape index (κ1) is 27.2. The summed E-state index contributed by atoms with van der Waals surface area (Å²) in [4.78, 5) is 30.7. The zero-order valence-corrected chi connectivity index (χ0v) is 23.2. The molecule has 0 spiro atoms. The number of phenolic OH excluding ortho intramolecular Hbond substituents is 1. The first-order chi connectivity index (χ1) is 18.9. The van der Waals surface area contributed by atoms with E-state index in [1.807, 2.05) is 17.9 Å². The third-order valence-electron chi connectivity index (χ3n) is 8.01. The largest absolute Gasteiger partial charge is 0.508 e. The second-order valence-corrected chi connectivity index (χ2v) is 10.5. The first-order valence-electron chi connectivity index (χ1n) is 14.0. The van der Waals surface area contributed by atoms with Crippen LogP contribution in [0, 0.1) is 13.8 Å². The maximum absolute atomic E-state index is 12.1. The molecule has 1 amide bonds. The van der Waals surface area contributed by atoms with E-state index in [2.05, 4.69) is 28.2 Å². The number of aryl methyl sites for hydroxylation is 1. The summed E-state index contributed by atoms with van der Waals surface area (Å²) < 4.78 is 11.6. The smallest absolute Gasteiger partial charge is 0.318 e. The van der Waals surface area contributed by atoms with Crippen molar-refractivity contribution in [2.75, 3.05) is 82.0 Å². The van der Waals surface area contributed by atoms with Gasteiger partial charge in [0.2, 0.25) is 5.91 Å². The number of hydrogen-bond acceptors (Lipinski definition) is 9. The molecule has 10 heteroatoms. The second kappa shape index (κ2) is 12.2. The Kier molecular flexibility index (Phi) is 8.52. The Morgan fingerprint density at radius 1 is 1.08 bits per heavy atom. The highest BCUT2D eigenvalue weighted by Crippen LogP contribution is 2.34. The zero-order chi connectivity index (χ0) is 27.4. The van der Waals surface area contributed by atoms with Gasteiger partial charge < -0.3 is 29.3 Å². The molecule has 0 unspecified atom stereocenters. The summed E-state index contributed by atoms with van der Waals surface area (Å²) in [6.45, 7) is 16.9. The predicted molar refractivity (Wildman–Crippen MR) is 151 cm³/mol. The Balaban J connectivity index is 1.35. The number of carbonyl (C=O) groups excluding carboxylic acids is 1. The summed E-state index contributed by atoms with van der Waals surface area (Å²) in [6, 6.07) is 4.05. The summed E-state index contributed by atoms with van der Waals surface area (Å²) in [5, 5.41) is 10.3. The van der Waals surface area contributed by atoms with Crippen LogP contribution in [0.25, 0.3) is 0 Å². The Labute approximate surface area is 230 Å². The van der Waals surface area contributed by atoms with Gasteiger partial charge in [0.05, 0.1) is 32.1 Å². The van der Waals surface area contributed by atoms with Crippen LogP contribution < -0.4 is 14.5 Å². The number of anilines is 2. The Bertz CT molecular complexity index is 1190. The zero-order valence-electron chi connectivity index (χ0n) is 23.2. The number of rotatable bonds is 8. The van der Waals surface area contributed by atoms with Crippen LogP contribution in [0.3, 0.4) is 0 Å². The van der Waals surface area contributed by atoms with Crippen molar-refractivity contribution in [1.29, 1.82) is 0 Å². The molecule has 3 aliphatic rings. The average Bonchev–Trinajstić information content (AvgIpc) is 2.96. The van der Waals surface area contributed by atoms with Gasteiger partial charge in [0.15, 0.2) is 0 Å². The molecule has 0 aliphatic carbocycles. The Morgan fingerprint density at radius 2 is 1.85 bits per heavy atom. The molecule has 210 valence electrons. The second-order valence-electron chi connectivity index (χ2n) is 10.5. The molecule has 4 heterocycles. The minimum Gasteiger partial charge on any atom is -0.508 e. The lowest BCUT2D eigenvalue weighted by Gasteiger charge is -2.38. The third-order valence-corrected chi connectivity index (χ3v) is 8.01. The normalized spacial score (nSPS) is 18.2. The van der Waals surface area contributed by atoms with E-state index in [0.717, 1.165) is 86.1 Å². The van der Waals surface area contributed by atoms with E-state index in [1.54, 1.807) is 6.07 Å². The number of aromatic hydroxyl groups is 1. The van der Waals surface area contributed by atoms with Gasteiger partial charge >= 0.3 is 6.01 Å². The molecule has 1 N–H and O–H groups in total. The van der Waals surface area contributed by atoms with Crippen molar-refractivity contribution in [2.45, 2.75) is 33.2 Å². The quantitative estimate of drug-likeness (QED) is 0.403. The number of aromatic nitrogens is 2. The number of morpholine rings is 1. The molecule has 2 fully saturated rings. The molecule has 0 bridgehead atoms. The minimum absolute atomic E-state index is 0.0314. The van der Waals surface area contributed by atoms with E-state index in [4.69, 9.17) is 19.4 Å². The fraction of sp³-hybridized carbons (Fsp3) is 0.552. The number of phenols is 1.